The fraction of sp³-hybridized carbons (Fsp3) is 0.269. The molecule has 0 saturated heterocycles. The lowest BCUT2D eigenvalue weighted by molar-refractivity contribution is 0.0953. The molecule has 0 aliphatic rings. The van der Waals surface area contributed by atoms with Gasteiger partial charge in [-0.15, -0.1) is 0 Å². The van der Waals surface area contributed by atoms with Gasteiger partial charge >= 0.3 is 0 Å². The molecule has 0 atom stereocenters. The number of nitrogens with zero attached hydrogens (tertiary/aromatic N) is 3. The number of fused-ring (bicyclic) bond motifs is 1. The van der Waals surface area contributed by atoms with E-state index < -0.39 is 0 Å². The summed E-state index contributed by atoms with van der Waals surface area (Å²) in [7, 11) is 0. The van der Waals surface area contributed by atoms with Gasteiger partial charge in [0.2, 0.25) is 0 Å². The highest BCUT2D eigenvalue weighted by molar-refractivity contribution is 5.93. The zero-order valence-corrected chi connectivity index (χ0v) is 18.3. The Hall–Kier alpha value is -3.47. The van der Waals surface area contributed by atoms with Crippen LogP contribution in [0.3, 0.4) is 0 Å². The number of rotatable bonds is 6. The van der Waals surface area contributed by atoms with E-state index in [0.717, 1.165) is 23.4 Å². The molecular formula is C26H28N4O. The zero-order chi connectivity index (χ0) is 21.8. The van der Waals surface area contributed by atoms with Crippen LogP contribution in [-0.2, 0) is 18.4 Å². The third-order valence-corrected chi connectivity index (χ3v) is 5.45. The number of amides is 1. The second kappa shape index (κ2) is 8.72. The molecule has 2 aromatic carbocycles. The molecule has 4 aromatic rings. The summed E-state index contributed by atoms with van der Waals surface area (Å²) in [6.45, 7) is 7.94. The van der Waals surface area contributed by atoms with E-state index in [1.165, 1.54) is 11.1 Å². The number of hydrogen-bond acceptors (Lipinski definition) is 3. The normalized spacial score (nSPS) is 11.6. The van der Waals surface area contributed by atoms with Gasteiger partial charge < -0.3 is 9.88 Å². The third kappa shape index (κ3) is 4.82. The van der Waals surface area contributed by atoms with E-state index in [0.29, 0.717) is 18.5 Å². The van der Waals surface area contributed by atoms with Crippen molar-refractivity contribution in [2.75, 3.05) is 6.54 Å². The highest BCUT2D eigenvalue weighted by atomic mass is 16.1. The van der Waals surface area contributed by atoms with Gasteiger partial charge in [0.15, 0.2) is 0 Å². The molecule has 0 aliphatic heterocycles. The van der Waals surface area contributed by atoms with Gasteiger partial charge in [0.25, 0.3) is 5.91 Å². The van der Waals surface area contributed by atoms with Crippen molar-refractivity contribution in [1.82, 2.24) is 19.9 Å². The molecular weight excluding hydrogens is 384 g/mol. The lowest BCUT2D eigenvalue weighted by Gasteiger charge is -2.19. The van der Waals surface area contributed by atoms with Gasteiger partial charge in [-0.05, 0) is 40.8 Å². The smallest absolute Gasteiger partial charge is 0.252 e. The standard InChI is InChI=1S/C26H28N4O/c1-26(2,3)21-12-10-19(11-13-21)18-30-23-9-5-4-8-22(23)29-24(30)14-16-28-25(31)20-7-6-15-27-17-20/h4-13,15,17H,14,16,18H2,1-3H3,(H,28,31). The molecule has 2 aromatic heterocycles. The molecule has 158 valence electrons. The van der Waals surface area contributed by atoms with Crippen molar-refractivity contribution in [1.29, 1.82) is 0 Å². The summed E-state index contributed by atoms with van der Waals surface area (Å²) in [6.07, 6.45) is 3.89. The minimum absolute atomic E-state index is 0.117. The fourth-order valence-electron chi connectivity index (χ4n) is 3.67. The number of carbonyl (C=O) groups is 1. The second-order valence-corrected chi connectivity index (χ2v) is 8.80. The van der Waals surface area contributed by atoms with E-state index >= 15 is 0 Å². The predicted octanol–water partition coefficient (Wildman–Crippen LogP) is 4.75. The largest absolute Gasteiger partial charge is 0.352 e. The van der Waals surface area contributed by atoms with Crippen molar-refractivity contribution in [3.05, 3.63) is 95.6 Å². The van der Waals surface area contributed by atoms with Gasteiger partial charge in [-0.1, -0.05) is 57.2 Å². The van der Waals surface area contributed by atoms with Crippen molar-refractivity contribution in [2.24, 2.45) is 0 Å². The van der Waals surface area contributed by atoms with Gasteiger partial charge in [0.05, 0.1) is 16.6 Å². The van der Waals surface area contributed by atoms with Crippen LogP contribution in [0.15, 0.2) is 73.1 Å². The van der Waals surface area contributed by atoms with E-state index in [1.54, 1.807) is 24.5 Å². The van der Waals surface area contributed by atoms with E-state index in [1.807, 2.05) is 18.2 Å². The van der Waals surface area contributed by atoms with Crippen molar-refractivity contribution in [2.45, 2.75) is 39.2 Å². The number of hydrogen-bond donors (Lipinski definition) is 1. The Morgan fingerprint density at radius 1 is 1.00 bits per heavy atom. The summed E-state index contributed by atoms with van der Waals surface area (Å²) in [5.41, 5.74) is 5.34. The predicted molar refractivity (Wildman–Crippen MR) is 124 cm³/mol. The number of para-hydroxylation sites is 2. The molecule has 5 nitrogen and oxygen atoms in total. The zero-order valence-electron chi connectivity index (χ0n) is 18.3. The molecule has 4 rings (SSSR count). The number of carbonyl (C=O) groups excluding carboxylic acids is 1. The first-order valence-corrected chi connectivity index (χ1v) is 10.6. The van der Waals surface area contributed by atoms with Gasteiger partial charge in [-0.25, -0.2) is 4.98 Å². The van der Waals surface area contributed by atoms with Crippen molar-refractivity contribution >= 4 is 16.9 Å². The van der Waals surface area contributed by atoms with Crippen molar-refractivity contribution in [3.8, 4) is 0 Å². The molecule has 5 heteroatoms. The maximum absolute atomic E-state index is 12.3. The van der Waals surface area contributed by atoms with Gasteiger partial charge in [0.1, 0.15) is 5.82 Å². The monoisotopic (exact) mass is 412 g/mol. The molecule has 1 N–H and O–H groups in total. The quantitative estimate of drug-likeness (QED) is 0.497. The Kier molecular flexibility index (Phi) is 5.85. The number of benzene rings is 2. The molecule has 1 amide bonds. The van der Waals surface area contributed by atoms with Gasteiger partial charge in [0, 0.05) is 31.9 Å². The molecule has 31 heavy (non-hydrogen) atoms. The molecule has 0 spiro atoms. The van der Waals surface area contributed by atoms with Crippen LogP contribution in [0.25, 0.3) is 11.0 Å². The summed E-state index contributed by atoms with van der Waals surface area (Å²) in [4.78, 5) is 21.2. The summed E-state index contributed by atoms with van der Waals surface area (Å²) in [5, 5.41) is 2.97. The summed E-state index contributed by atoms with van der Waals surface area (Å²) in [5.74, 6) is 0.848. The van der Waals surface area contributed by atoms with Crippen LogP contribution in [0.1, 0.15) is 48.1 Å². The van der Waals surface area contributed by atoms with Crippen LogP contribution < -0.4 is 5.32 Å². The maximum Gasteiger partial charge on any atom is 0.252 e. The first-order valence-electron chi connectivity index (χ1n) is 10.6. The Bertz CT molecular complexity index is 1170. The molecule has 0 unspecified atom stereocenters. The van der Waals surface area contributed by atoms with Gasteiger partial charge in [-0.3, -0.25) is 9.78 Å². The van der Waals surface area contributed by atoms with Gasteiger partial charge in [-0.2, -0.15) is 0 Å². The maximum atomic E-state index is 12.3. The molecule has 2 heterocycles. The SMILES string of the molecule is CC(C)(C)c1ccc(Cn2c(CCNC(=O)c3cccnc3)nc3ccccc32)cc1. The second-order valence-electron chi connectivity index (χ2n) is 8.80. The van der Waals surface area contributed by atoms with Crippen LogP contribution in [0.2, 0.25) is 0 Å². The van der Waals surface area contributed by atoms with Crippen LogP contribution in [0.5, 0.6) is 0 Å². The van der Waals surface area contributed by atoms with E-state index in [9.17, 15) is 4.79 Å². The van der Waals surface area contributed by atoms with E-state index in [4.69, 9.17) is 4.98 Å². The third-order valence-electron chi connectivity index (χ3n) is 5.45. The number of imidazole rings is 1. The molecule has 0 aliphatic carbocycles. The van der Waals surface area contributed by atoms with E-state index in [-0.39, 0.29) is 11.3 Å². The number of aromatic nitrogens is 3. The van der Waals surface area contributed by atoms with Crippen molar-refractivity contribution < 1.29 is 4.79 Å². The average molecular weight is 413 g/mol. The Morgan fingerprint density at radius 2 is 1.77 bits per heavy atom. The Labute approximate surface area is 183 Å². The van der Waals surface area contributed by atoms with Crippen LogP contribution >= 0.6 is 0 Å². The first-order chi connectivity index (χ1) is 14.9. The lowest BCUT2D eigenvalue weighted by Crippen LogP contribution is -2.26. The van der Waals surface area contributed by atoms with Crippen molar-refractivity contribution in [3.63, 3.8) is 0 Å². The van der Waals surface area contributed by atoms with E-state index in [2.05, 4.69) is 66.0 Å². The molecule has 0 radical (unpaired) electrons. The highest BCUT2D eigenvalue weighted by Crippen LogP contribution is 2.23. The number of nitrogens with one attached hydrogen (secondary N) is 1. The minimum atomic E-state index is -0.117. The summed E-state index contributed by atoms with van der Waals surface area (Å²) < 4.78 is 2.25. The van der Waals surface area contributed by atoms with Crippen LogP contribution in [0.4, 0.5) is 0 Å². The molecule has 0 saturated carbocycles. The summed E-state index contributed by atoms with van der Waals surface area (Å²) >= 11 is 0. The Balaban J connectivity index is 1.52. The fourth-order valence-corrected chi connectivity index (χ4v) is 3.67. The van der Waals surface area contributed by atoms with Crippen LogP contribution in [0, 0.1) is 0 Å². The lowest BCUT2D eigenvalue weighted by atomic mass is 9.87. The first kappa shape index (κ1) is 20.8. The number of pyridine rings is 1. The summed E-state index contributed by atoms with van der Waals surface area (Å²) in [6, 6.07) is 20.5. The highest BCUT2D eigenvalue weighted by Gasteiger charge is 2.15. The average Bonchev–Trinajstić information content (AvgIpc) is 3.11. The van der Waals surface area contributed by atoms with Crippen LogP contribution in [-0.4, -0.2) is 27.0 Å². The Morgan fingerprint density at radius 3 is 2.48 bits per heavy atom. The molecule has 0 bridgehead atoms. The minimum Gasteiger partial charge on any atom is -0.352 e. The molecule has 0 fully saturated rings. The topological polar surface area (TPSA) is 59.8 Å².